The van der Waals surface area contributed by atoms with Crippen molar-refractivity contribution in [3.63, 3.8) is 0 Å². The van der Waals surface area contributed by atoms with Gasteiger partial charge in [0, 0.05) is 17.8 Å². The maximum atomic E-state index is 13.8. The normalized spacial score (nSPS) is 30.4. The Bertz CT molecular complexity index is 1690. The second-order valence-electron chi connectivity index (χ2n) is 12.9. The lowest BCUT2D eigenvalue weighted by molar-refractivity contribution is -0.230. The molecule has 3 unspecified atom stereocenters. The van der Waals surface area contributed by atoms with Crippen molar-refractivity contribution >= 4 is 35.5 Å². The van der Waals surface area contributed by atoms with Crippen LogP contribution in [0.15, 0.2) is 58.5 Å². The number of amides is 4. The number of para-hydroxylation sites is 1. The predicted octanol–water partition coefficient (Wildman–Crippen LogP) is -0.702. The first-order valence-corrected chi connectivity index (χ1v) is 15.3. The van der Waals surface area contributed by atoms with Gasteiger partial charge >= 0.3 is 6.03 Å². The van der Waals surface area contributed by atoms with Crippen LogP contribution in [0.1, 0.15) is 47.2 Å². The molecule has 14 heteroatoms. The van der Waals surface area contributed by atoms with Crippen LogP contribution in [-0.4, -0.2) is 99.0 Å². The van der Waals surface area contributed by atoms with Crippen LogP contribution in [-0.2, 0) is 16.6 Å². The van der Waals surface area contributed by atoms with E-state index < -0.39 is 47.4 Å². The highest BCUT2D eigenvalue weighted by Crippen LogP contribution is 2.55. The number of anilines is 1. The van der Waals surface area contributed by atoms with E-state index in [-0.39, 0.29) is 37.0 Å². The molecular formula is C31H35N9O5. The van der Waals surface area contributed by atoms with E-state index in [1.807, 2.05) is 12.1 Å². The molecule has 2 aromatic carbocycles. The molecule has 3 fully saturated rings. The summed E-state index contributed by atoms with van der Waals surface area (Å²) < 4.78 is 0. The molecule has 1 saturated carbocycles. The molecular weight excluding hydrogens is 578 g/mol. The third kappa shape index (κ3) is 3.84. The molecule has 14 nitrogen and oxygen atoms in total. The molecule has 8 rings (SSSR count). The molecule has 0 bridgehead atoms. The van der Waals surface area contributed by atoms with Crippen LogP contribution in [0.5, 0.6) is 0 Å². The van der Waals surface area contributed by atoms with Crippen LogP contribution in [0.4, 0.5) is 10.5 Å². The molecule has 4 aliphatic heterocycles. The first kappa shape index (κ1) is 27.8. The average Bonchev–Trinajstić information content (AvgIpc) is 3.53. The second kappa shape index (κ2) is 9.41. The van der Waals surface area contributed by atoms with Crippen molar-refractivity contribution in [1.29, 1.82) is 0 Å². The third-order valence-electron chi connectivity index (χ3n) is 10.5. The Kier molecular flexibility index (Phi) is 5.82. The van der Waals surface area contributed by atoms with Crippen LogP contribution in [0.2, 0.25) is 0 Å². The van der Waals surface area contributed by atoms with Gasteiger partial charge in [-0.3, -0.25) is 19.4 Å². The summed E-state index contributed by atoms with van der Waals surface area (Å²) in [6, 6.07) is 10.8. The number of urea groups is 1. The van der Waals surface area contributed by atoms with Gasteiger partial charge in [-0.05, 0) is 66.8 Å². The predicted molar refractivity (Wildman–Crippen MR) is 163 cm³/mol. The largest absolute Gasteiger partial charge is 0.370 e. The van der Waals surface area contributed by atoms with Crippen LogP contribution in [0.3, 0.4) is 0 Å². The molecule has 0 radical (unpaired) electrons. The number of fused-ring (bicyclic) bond motifs is 2. The van der Waals surface area contributed by atoms with Crippen molar-refractivity contribution in [2.24, 2.45) is 21.5 Å². The minimum atomic E-state index is -2.64. The summed E-state index contributed by atoms with van der Waals surface area (Å²) in [6.07, 6.45) is 5.15. The van der Waals surface area contributed by atoms with Crippen molar-refractivity contribution in [2.45, 2.75) is 67.1 Å². The van der Waals surface area contributed by atoms with Gasteiger partial charge in [-0.15, -0.1) is 0 Å². The highest BCUT2D eigenvalue weighted by Gasteiger charge is 2.73. The van der Waals surface area contributed by atoms with Crippen molar-refractivity contribution in [3.05, 3.63) is 65.2 Å². The minimum Gasteiger partial charge on any atom is -0.370 e. The zero-order valence-electron chi connectivity index (χ0n) is 24.5. The van der Waals surface area contributed by atoms with Gasteiger partial charge in [0.2, 0.25) is 5.79 Å². The number of hydrogen-bond acceptors (Lipinski definition) is 11. The van der Waals surface area contributed by atoms with Crippen LogP contribution in [0, 0.1) is 0 Å². The van der Waals surface area contributed by atoms with Crippen molar-refractivity contribution < 1.29 is 24.6 Å². The number of nitrogens with zero attached hydrogens (tertiary/aromatic N) is 5. The first-order chi connectivity index (χ1) is 21.6. The standard InChI is InChI=1S/C31H35N9O5/c32-26-36-24-21(14-39-23(41)16-38(28(39)43)17-6-2-1-3-7-17)34-27(33)40-15-22(31(44,45)30(24,40)37-26)35-25(42)19-8-4-10-20-18(19)9-5-11-29(20)12-13-29/h1-4,6-8,10,21-22,24,44-45H,5,9,11-16H2,(H2,33,34)(H,35,42)(H3,32,36,37)/t21-,22?,24?,30?/m0/s1. The highest BCUT2D eigenvalue weighted by molar-refractivity contribution is 6.12. The molecule has 4 heterocycles. The van der Waals surface area contributed by atoms with Gasteiger partial charge in [0.15, 0.2) is 17.6 Å². The Labute approximate surface area is 258 Å². The molecule has 2 aromatic rings. The lowest BCUT2D eigenvalue weighted by Crippen LogP contribution is -2.78. The van der Waals surface area contributed by atoms with Gasteiger partial charge < -0.3 is 37.2 Å². The molecule has 2 saturated heterocycles. The van der Waals surface area contributed by atoms with E-state index in [1.165, 1.54) is 15.4 Å². The summed E-state index contributed by atoms with van der Waals surface area (Å²) in [5, 5.41) is 29.6. The molecule has 234 valence electrons. The number of nitrogens with two attached hydrogens (primary N) is 2. The summed E-state index contributed by atoms with van der Waals surface area (Å²) in [5.74, 6) is -3.64. The van der Waals surface area contributed by atoms with Gasteiger partial charge in [-0.1, -0.05) is 30.3 Å². The Hall–Kier alpha value is -4.69. The van der Waals surface area contributed by atoms with Gasteiger partial charge in [0.25, 0.3) is 11.8 Å². The summed E-state index contributed by atoms with van der Waals surface area (Å²) in [4.78, 5) is 53.1. The van der Waals surface area contributed by atoms with Crippen LogP contribution < -0.4 is 27.0 Å². The lowest BCUT2D eigenvalue weighted by atomic mass is 9.78. The summed E-state index contributed by atoms with van der Waals surface area (Å²) in [7, 11) is 0. The molecule has 2 aliphatic carbocycles. The van der Waals surface area contributed by atoms with E-state index in [2.05, 4.69) is 26.7 Å². The Balaban J connectivity index is 1.07. The van der Waals surface area contributed by atoms with E-state index in [1.54, 1.807) is 30.3 Å². The Morgan fingerprint density at radius 2 is 1.82 bits per heavy atom. The van der Waals surface area contributed by atoms with Crippen LogP contribution >= 0.6 is 0 Å². The fraction of sp³-hybridized carbons (Fsp3) is 0.452. The minimum absolute atomic E-state index is 0.0651. The van der Waals surface area contributed by atoms with E-state index in [4.69, 9.17) is 11.5 Å². The van der Waals surface area contributed by atoms with E-state index in [9.17, 15) is 24.6 Å². The van der Waals surface area contributed by atoms with Crippen LogP contribution in [0.25, 0.3) is 0 Å². The van der Waals surface area contributed by atoms with Crippen molar-refractivity contribution in [2.75, 3.05) is 24.5 Å². The molecule has 2 spiro atoms. The van der Waals surface area contributed by atoms with Gasteiger partial charge in [0.1, 0.15) is 18.6 Å². The number of carbonyl (C=O) groups is 3. The number of hydrogen-bond donors (Lipinski definition) is 6. The van der Waals surface area contributed by atoms with Gasteiger partial charge in [-0.2, -0.15) is 0 Å². The monoisotopic (exact) mass is 613 g/mol. The number of guanidine groups is 2. The average molecular weight is 614 g/mol. The highest BCUT2D eigenvalue weighted by atomic mass is 16.5. The second-order valence-corrected chi connectivity index (χ2v) is 12.9. The number of benzene rings is 2. The first-order valence-electron chi connectivity index (χ1n) is 15.3. The number of aliphatic hydroxyl groups is 2. The number of rotatable bonds is 5. The SMILES string of the molecule is NC1=NC2[C@H](CN3C(=O)CN(c4ccccc4)C3=O)N=C(N)N3CC(NC(=O)c4cccc5c4CCCC54CC4)C(O)(O)C23N1. The molecule has 4 atom stereocenters. The zero-order chi connectivity index (χ0) is 31.3. The smallest absolute Gasteiger partial charge is 0.331 e. The molecule has 45 heavy (non-hydrogen) atoms. The Morgan fingerprint density at radius 3 is 2.58 bits per heavy atom. The van der Waals surface area contributed by atoms with E-state index in [0.29, 0.717) is 11.3 Å². The van der Waals surface area contributed by atoms with Crippen molar-refractivity contribution in [3.8, 4) is 0 Å². The summed E-state index contributed by atoms with van der Waals surface area (Å²) in [6.45, 7) is -0.469. The number of aliphatic imine (C=N–C) groups is 2. The molecule has 8 N–H and O–H groups in total. The maximum absolute atomic E-state index is 13.8. The quantitative estimate of drug-likeness (QED) is 0.186. The summed E-state index contributed by atoms with van der Waals surface area (Å²) >= 11 is 0. The third-order valence-corrected chi connectivity index (χ3v) is 10.5. The number of nitrogens with one attached hydrogen (secondary N) is 2. The molecule has 6 aliphatic rings. The fourth-order valence-corrected chi connectivity index (χ4v) is 8.16. The maximum Gasteiger partial charge on any atom is 0.331 e. The lowest BCUT2D eigenvalue weighted by Gasteiger charge is -2.49. The van der Waals surface area contributed by atoms with E-state index >= 15 is 0 Å². The van der Waals surface area contributed by atoms with Gasteiger partial charge in [-0.25, -0.2) is 14.8 Å². The zero-order valence-corrected chi connectivity index (χ0v) is 24.5. The van der Waals surface area contributed by atoms with Gasteiger partial charge in [0.05, 0.1) is 12.6 Å². The number of carbonyl (C=O) groups excluding carboxylic acids is 3. The summed E-state index contributed by atoms with van der Waals surface area (Å²) in [5.41, 5.74) is 14.3. The Morgan fingerprint density at radius 1 is 1.04 bits per heavy atom. The fourth-order valence-electron chi connectivity index (χ4n) is 8.16. The molecule has 4 amide bonds. The number of imide groups is 1. The topological polar surface area (TPSA) is 202 Å². The van der Waals surface area contributed by atoms with Crippen molar-refractivity contribution in [1.82, 2.24) is 20.4 Å². The van der Waals surface area contributed by atoms with E-state index in [0.717, 1.165) is 42.6 Å². The molecule has 0 aromatic heterocycles.